The fourth-order valence-electron chi connectivity index (χ4n) is 7.25. The van der Waals surface area contributed by atoms with Gasteiger partial charge in [-0.15, -0.1) is 0 Å². The first-order chi connectivity index (χ1) is 23.8. The van der Waals surface area contributed by atoms with Crippen molar-refractivity contribution in [3.05, 3.63) is 59.7 Å². The van der Waals surface area contributed by atoms with Gasteiger partial charge in [-0.3, -0.25) is 0 Å². The van der Waals surface area contributed by atoms with Crippen LogP contribution in [0, 0.1) is 23.7 Å². The summed E-state index contributed by atoms with van der Waals surface area (Å²) in [6, 6.07) is 16.8. The van der Waals surface area contributed by atoms with E-state index in [4.69, 9.17) is 37.9 Å². The Bertz CT molecular complexity index is 1130. The van der Waals surface area contributed by atoms with E-state index in [-0.39, 0.29) is 18.0 Å². The highest BCUT2D eigenvalue weighted by molar-refractivity contribution is 5.41. The minimum Gasteiger partial charge on any atom is -0.465 e. The Morgan fingerprint density at radius 2 is 0.857 bits per heavy atom. The highest BCUT2D eigenvalue weighted by atomic mass is 16.7. The Hall–Kier alpha value is -2.20. The van der Waals surface area contributed by atoms with E-state index in [0.717, 1.165) is 64.4 Å². The van der Waals surface area contributed by atoms with Crippen LogP contribution < -0.4 is 9.47 Å². The Kier molecular flexibility index (Phi) is 13.3. The number of hydrogen-bond acceptors (Lipinski definition) is 8. The van der Waals surface area contributed by atoms with Crippen LogP contribution in [0.25, 0.3) is 0 Å². The molecule has 4 fully saturated rings. The van der Waals surface area contributed by atoms with Crippen LogP contribution >= 0.6 is 0 Å². The van der Waals surface area contributed by atoms with Gasteiger partial charge in [-0.2, -0.15) is 0 Å². The number of hydrogen-bond donors (Lipinski definition) is 0. The first kappa shape index (κ1) is 36.6. The van der Waals surface area contributed by atoms with Crippen molar-refractivity contribution in [2.45, 2.75) is 109 Å². The summed E-state index contributed by atoms with van der Waals surface area (Å²) < 4.78 is 46.6. The molecular formula is C41H60O8. The maximum absolute atomic E-state index is 6.13. The number of ether oxygens (including phenoxy) is 8. The Morgan fingerprint density at radius 1 is 0.531 bits per heavy atom. The maximum Gasteiger partial charge on any atom is 0.196 e. The lowest BCUT2D eigenvalue weighted by molar-refractivity contribution is -0.0844. The second-order valence-corrected chi connectivity index (χ2v) is 15.5. The van der Waals surface area contributed by atoms with Crippen LogP contribution in [0.4, 0.5) is 0 Å². The molecule has 0 aromatic heterocycles. The molecule has 2 aliphatic heterocycles. The molecule has 8 nitrogen and oxygen atoms in total. The SMILES string of the molecule is CC(OCC1CCC(COCC2CO2)CC1)Oc1ccc(C(C)(C)c2ccc(OC(C)OCC3CCC(COCC4CO4)CC3)cc2)cc1. The molecule has 0 spiro atoms. The van der Waals surface area contributed by atoms with Crippen LogP contribution in [0.15, 0.2) is 48.5 Å². The van der Waals surface area contributed by atoms with Crippen molar-refractivity contribution >= 4 is 0 Å². The predicted octanol–water partition coefficient (Wildman–Crippen LogP) is 7.94. The van der Waals surface area contributed by atoms with Crippen molar-refractivity contribution in [1.29, 1.82) is 0 Å². The summed E-state index contributed by atoms with van der Waals surface area (Å²) in [5, 5.41) is 0. The van der Waals surface area contributed by atoms with Gasteiger partial charge >= 0.3 is 0 Å². The van der Waals surface area contributed by atoms with Gasteiger partial charge < -0.3 is 37.9 Å². The van der Waals surface area contributed by atoms with Gasteiger partial charge in [0, 0.05) is 18.6 Å². The van der Waals surface area contributed by atoms with Crippen molar-refractivity contribution in [3.8, 4) is 11.5 Å². The van der Waals surface area contributed by atoms with Gasteiger partial charge in [-0.1, -0.05) is 38.1 Å². The second kappa shape index (κ2) is 17.8. The zero-order valence-electron chi connectivity index (χ0n) is 30.3. The van der Waals surface area contributed by atoms with Gasteiger partial charge in [-0.25, -0.2) is 0 Å². The summed E-state index contributed by atoms with van der Waals surface area (Å²) in [4.78, 5) is 0. The van der Waals surface area contributed by atoms with Crippen molar-refractivity contribution in [1.82, 2.24) is 0 Å². The van der Waals surface area contributed by atoms with Crippen molar-refractivity contribution < 1.29 is 37.9 Å². The number of epoxide rings is 2. The van der Waals surface area contributed by atoms with E-state index < -0.39 is 0 Å². The average Bonchev–Trinajstić information content (AvgIpc) is 4.05. The molecule has 2 aliphatic carbocycles. The lowest BCUT2D eigenvalue weighted by atomic mass is 9.78. The van der Waals surface area contributed by atoms with Gasteiger partial charge in [0.1, 0.15) is 23.7 Å². The molecule has 6 rings (SSSR count). The van der Waals surface area contributed by atoms with E-state index in [1.54, 1.807) is 0 Å². The lowest BCUT2D eigenvalue weighted by Gasteiger charge is -2.29. The van der Waals surface area contributed by atoms with Gasteiger partial charge in [0.25, 0.3) is 0 Å². The van der Waals surface area contributed by atoms with Gasteiger partial charge in [-0.05, 0) is 124 Å². The third-order valence-corrected chi connectivity index (χ3v) is 10.9. The first-order valence-electron chi connectivity index (χ1n) is 19.0. The molecule has 8 heteroatoms. The lowest BCUT2D eigenvalue weighted by Crippen LogP contribution is -2.25. The zero-order chi connectivity index (χ0) is 34.1. The summed E-state index contributed by atoms with van der Waals surface area (Å²) in [5.41, 5.74) is 2.27. The third-order valence-electron chi connectivity index (χ3n) is 10.9. The van der Waals surface area contributed by atoms with E-state index in [0.29, 0.717) is 35.9 Å². The standard InChI is InChI=1S/C41H60O8/c1-29(44-23-33-9-5-31(6-10-33)21-42-25-39-27-46-39)48-37-17-13-35(14-18-37)41(3,4)36-15-19-38(20-16-36)49-30(2)45-24-34-11-7-32(8-12-34)22-43-26-40-28-47-40/h13-20,29-34,39-40H,5-12,21-28H2,1-4H3. The normalized spacial score (nSPS) is 28.1. The fraction of sp³-hybridized carbons (Fsp3) is 0.707. The van der Waals surface area contributed by atoms with E-state index in [9.17, 15) is 0 Å². The molecule has 0 bridgehead atoms. The molecule has 4 atom stereocenters. The fourth-order valence-corrected chi connectivity index (χ4v) is 7.25. The largest absolute Gasteiger partial charge is 0.465 e. The van der Waals surface area contributed by atoms with Crippen molar-refractivity contribution in [2.24, 2.45) is 23.7 Å². The Morgan fingerprint density at radius 3 is 1.18 bits per heavy atom. The van der Waals surface area contributed by atoms with Crippen LogP contribution in [0.1, 0.15) is 90.2 Å². The van der Waals surface area contributed by atoms with E-state index in [1.807, 2.05) is 13.8 Å². The highest BCUT2D eigenvalue weighted by Crippen LogP contribution is 2.35. The van der Waals surface area contributed by atoms with Gasteiger partial charge in [0.05, 0.1) is 39.6 Å². The van der Waals surface area contributed by atoms with Gasteiger partial charge in [0.2, 0.25) is 0 Å². The van der Waals surface area contributed by atoms with E-state index in [2.05, 4.69) is 62.4 Å². The van der Waals surface area contributed by atoms with Crippen LogP contribution in [0.2, 0.25) is 0 Å². The maximum atomic E-state index is 6.13. The summed E-state index contributed by atoms with van der Waals surface area (Å²) in [7, 11) is 0. The van der Waals surface area contributed by atoms with Crippen molar-refractivity contribution in [2.75, 3.05) is 52.9 Å². The summed E-state index contributed by atoms with van der Waals surface area (Å²) in [6.07, 6.45) is 9.76. The van der Waals surface area contributed by atoms with E-state index >= 15 is 0 Å². The molecule has 0 radical (unpaired) electrons. The second-order valence-electron chi connectivity index (χ2n) is 15.5. The third kappa shape index (κ3) is 11.9. The molecule has 2 heterocycles. The number of rotatable bonds is 20. The summed E-state index contributed by atoms with van der Waals surface area (Å²) in [5.74, 6) is 4.19. The Labute approximate surface area is 294 Å². The van der Waals surface area contributed by atoms with Crippen molar-refractivity contribution in [3.63, 3.8) is 0 Å². The molecular weight excluding hydrogens is 620 g/mol. The van der Waals surface area contributed by atoms with Crippen LogP contribution in [0.3, 0.4) is 0 Å². The van der Waals surface area contributed by atoms with Crippen LogP contribution in [-0.4, -0.2) is 77.6 Å². The topological polar surface area (TPSA) is 80.4 Å². The molecule has 272 valence electrons. The molecule has 0 amide bonds. The Balaban J connectivity index is 0.865. The molecule has 0 N–H and O–H groups in total. The van der Waals surface area contributed by atoms with Crippen LogP contribution in [0.5, 0.6) is 11.5 Å². The summed E-state index contributed by atoms with van der Waals surface area (Å²) in [6.45, 7) is 14.9. The minimum atomic E-state index is -0.287. The molecule has 2 saturated carbocycles. The number of benzene rings is 2. The molecule has 49 heavy (non-hydrogen) atoms. The molecule has 2 aromatic rings. The molecule has 2 aromatic carbocycles. The van der Waals surface area contributed by atoms with Gasteiger partial charge in [0.15, 0.2) is 12.6 Å². The predicted molar refractivity (Wildman–Crippen MR) is 189 cm³/mol. The quantitative estimate of drug-likeness (QED) is 0.103. The molecule has 4 unspecified atom stereocenters. The smallest absolute Gasteiger partial charge is 0.196 e. The average molecular weight is 681 g/mol. The zero-order valence-corrected chi connectivity index (χ0v) is 30.3. The minimum absolute atomic E-state index is 0.174. The monoisotopic (exact) mass is 680 g/mol. The summed E-state index contributed by atoms with van der Waals surface area (Å²) >= 11 is 0. The molecule has 2 saturated heterocycles. The highest BCUT2D eigenvalue weighted by Gasteiger charge is 2.28. The molecule has 4 aliphatic rings. The van der Waals surface area contributed by atoms with Crippen LogP contribution in [-0.2, 0) is 33.8 Å². The van der Waals surface area contributed by atoms with E-state index in [1.165, 1.54) is 62.5 Å². The first-order valence-corrected chi connectivity index (χ1v) is 19.0.